The van der Waals surface area contributed by atoms with Crippen LogP contribution in [0.1, 0.15) is 6.92 Å². The van der Waals surface area contributed by atoms with Crippen LogP contribution in [-0.2, 0) is 23.4 Å². The van der Waals surface area contributed by atoms with Crippen molar-refractivity contribution < 1.29 is 28.5 Å². The summed E-state index contributed by atoms with van der Waals surface area (Å²) in [6, 6.07) is -0.731. The Morgan fingerprint density at radius 1 is 1.86 bits per heavy atom. The fraction of sp³-hybridized carbons (Fsp3) is 0.667. The van der Waals surface area contributed by atoms with Crippen LogP contribution in [0.5, 0.6) is 0 Å². The summed E-state index contributed by atoms with van der Waals surface area (Å²) in [5.74, 6) is -0.963. The van der Waals surface area contributed by atoms with Gasteiger partial charge in [-0.15, -0.1) is 0 Å². The number of carboxylic acids is 1. The summed E-state index contributed by atoms with van der Waals surface area (Å²) in [6.45, 7) is 1.42. The fourth-order valence-electron chi connectivity index (χ4n) is 0. The molecule has 0 aromatic carbocycles. The van der Waals surface area contributed by atoms with E-state index < -0.39 is 12.0 Å². The molecule has 7 heavy (non-hydrogen) atoms. The van der Waals surface area contributed by atoms with Crippen molar-refractivity contribution in [2.75, 3.05) is 0 Å². The number of carboxylic acid groups (broad SMARTS) is 1. The Morgan fingerprint density at radius 2 is 2.00 bits per heavy atom. The van der Waals surface area contributed by atoms with Crippen molar-refractivity contribution in [3.8, 4) is 0 Å². The topological polar surface area (TPSA) is 63.3 Å². The second-order valence-corrected chi connectivity index (χ2v) is 1.13. The van der Waals surface area contributed by atoms with Crippen LogP contribution in [0, 0.1) is 0 Å². The molecular weight excluding hydrogens is 133 g/mol. The molecule has 3 N–H and O–H groups in total. The number of carbonyl (C=O) groups is 1. The number of aliphatic carboxylic acids is 1. The molecule has 0 rings (SSSR count). The minimum Gasteiger partial charge on any atom is -0.480 e. The standard InChI is InChI=1S/C3H7NO2.V/c1-2(4)3(5)6;/h2H,4H2,1H3,(H,5,6);. The van der Waals surface area contributed by atoms with Crippen LogP contribution < -0.4 is 5.73 Å². The maximum atomic E-state index is 9.57. The molecule has 41 valence electrons. The minimum absolute atomic E-state index is 0. The van der Waals surface area contributed by atoms with E-state index in [9.17, 15) is 4.79 Å². The van der Waals surface area contributed by atoms with E-state index in [2.05, 4.69) is 0 Å². The molecule has 0 fully saturated rings. The second kappa shape index (κ2) is 4.18. The summed E-state index contributed by atoms with van der Waals surface area (Å²) in [6.07, 6.45) is 0. The van der Waals surface area contributed by atoms with Gasteiger partial charge in [0.25, 0.3) is 0 Å². The summed E-state index contributed by atoms with van der Waals surface area (Å²) in [4.78, 5) is 9.57. The number of hydrogen-bond acceptors (Lipinski definition) is 2. The van der Waals surface area contributed by atoms with E-state index >= 15 is 0 Å². The molecule has 1 radical (unpaired) electrons. The van der Waals surface area contributed by atoms with E-state index in [1.54, 1.807) is 0 Å². The summed E-state index contributed by atoms with van der Waals surface area (Å²) >= 11 is 0. The SMILES string of the molecule is CC(N)C(=O)O.[V]. The van der Waals surface area contributed by atoms with Crippen molar-refractivity contribution in [1.29, 1.82) is 0 Å². The molecule has 0 bridgehead atoms. The Hall–Kier alpha value is 0.0144. The smallest absolute Gasteiger partial charge is 0.320 e. The molecule has 0 spiro atoms. The van der Waals surface area contributed by atoms with Crippen LogP contribution in [0.3, 0.4) is 0 Å². The van der Waals surface area contributed by atoms with Crippen LogP contribution >= 0.6 is 0 Å². The third-order valence-corrected chi connectivity index (χ3v) is 0.390. The first-order valence-corrected chi connectivity index (χ1v) is 1.63. The van der Waals surface area contributed by atoms with Crippen LogP contribution in [0.15, 0.2) is 0 Å². The zero-order chi connectivity index (χ0) is 5.15. The Labute approximate surface area is 53.8 Å². The molecule has 0 saturated heterocycles. The first-order chi connectivity index (χ1) is 2.64. The van der Waals surface area contributed by atoms with Gasteiger partial charge in [-0.2, -0.15) is 0 Å². The number of hydrogen-bond donors (Lipinski definition) is 2. The summed E-state index contributed by atoms with van der Waals surface area (Å²) < 4.78 is 0. The molecule has 3 nitrogen and oxygen atoms in total. The van der Waals surface area contributed by atoms with Gasteiger partial charge in [0.2, 0.25) is 0 Å². The zero-order valence-electron chi connectivity index (χ0n) is 3.96. The van der Waals surface area contributed by atoms with E-state index in [-0.39, 0.29) is 18.6 Å². The predicted octanol–water partition coefficient (Wildman–Crippen LogP) is -0.584. The Kier molecular flexibility index (Phi) is 6.03. The third-order valence-electron chi connectivity index (χ3n) is 0.390. The number of nitrogens with two attached hydrogens (primary N) is 1. The van der Waals surface area contributed by atoms with Crippen molar-refractivity contribution in [3.63, 3.8) is 0 Å². The van der Waals surface area contributed by atoms with E-state index in [0.717, 1.165) is 0 Å². The maximum Gasteiger partial charge on any atom is 0.320 e. The van der Waals surface area contributed by atoms with E-state index in [0.29, 0.717) is 0 Å². The summed E-state index contributed by atoms with van der Waals surface area (Å²) in [7, 11) is 0. The Morgan fingerprint density at radius 3 is 2.00 bits per heavy atom. The molecule has 1 unspecified atom stereocenters. The molecule has 0 aliphatic heterocycles. The second-order valence-electron chi connectivity index (χ2n) is 1.13. The van der Waals surface area contributed by atoms with E-state index in [1.807, 2.05) is 0 Å². The first-order valence-electron chi connectivity index (χ1n) is 1.63. The first kappa shape index (κ1) is 10.1. The number of rotatable bonds is 1. The summed E-state index contributed by atoms with van der Waals surface area (Å²) in [5.41, 5.74) is 4.84. The van der Waals surface area contributed by atoms with E-state index in [4.69, 9.17) is 10.8 Å². The monoisotopic (exact) mass is 140 g/mol. The van der Waals surface area contributed by atoms with E-state index in [1.165, 1.54) is 6.92 Å². The molecule has 0 saturated carbocycles. The van der Waals surface area contributed by atoms with Gasteiger partial charge in [0.15, 0.2) is 0 Å². The van der Waals surface area contributed by atoms with Crippen molar-refractivity contribution in [2.45, 2.75) is 13.0 Å². The predicted molar refractivity (Wildman–Crippen MR) is 21.3 cm³/mol. The van der Waals surface area contributed by atoms with Crippen molar-refractivity contribution >= 4 is 5.97 Å². The molecule has 0 aromatic rings. The minimum atomic E-state index is -0.963. The van der Waals surface area contributed by atoms with Gasteiger partial charge in [-0.1, -0.05) is 0 Å². The summed E-state index contributed by atoms with van der Waals surface area (Å²) in [5, 5.41) is 7.87. The molecule has 0 heterocycles. The van der Waals surface area contributed by atoms with Crippen LogP contribution in [0.4, 0.5) is 0 Å². The average molecular weight is 140 g/mol. The molecule has 1 atom stereocenters. The quantitative estimate of drug-likeness (QED) is 0.512. The van der Waals surface area contributed by atoms with Gasteiger partial charge in [0.05, 0.1) is 0 Å². The molecular formula is C3H7NO2V. The van der Waals surface area contributed by atoms with Gasteiger partial charge in [-0.25, -0.2) is 0 Å². The van der Waals surface area contributed by atoms with Gasteiger partial charge in [0, 0.05) is 18.6 Å². The zero-order valence-corrected chi connectivity index (χ0v) is 5.35. The fourth-order valence-corrected chi connectivity index (χ4v) is 0. The van der Waals surface area contributed by atoms with Crippen molar-refractivity contribution in [1.82, 2.24) is 0 Å². The molecule has 0 aliphatic carbocycles. The van der Waals surface area contributed by atoms with Crippen LogP contribution in [0.25, 0.3) is 0 Å². The van der Waals surface area contributed by atoms with Crippen molar-refractivity contribution in [3.05, 3.63) is 0 Å². The molecule has 4 heteroatoms. The molecule has 0 aliphatic rings. The maximum absolute atomic E-state index is 9.57. The molecule has 0 amide bonds. The van der Waals surface area contributed by atoms with Gasteiger partial charge < -0.3 is 10.8 Å². The Balaban J connectivity index is 0. The Bertz CT molecular complexity index is 64.0. The van der Waals surface area contributed by atoms with Gasteiger partial charge in [-0.05, 0) is 6.92 Å². The van der Waals surface area contributed by atoms with Gasteiger partial charge in [0.1, 0.15) is 6.04 Å². The van der Waals surface area contributed by atoms with Crippen LogP contribution in [-0.4, -0.2) is 17.1 Å². The van der Waals surface area contributed by atoms with Gasteiger partial charge in [-0.3, -0.25) is 4.79 Å². The van der Waals surface area contributed by atoms with Crippen LogP contribution in [0.2, 0.25) is 0 Å². The largest absolute Gasteiger partial charge is 0.480 e. The third kappa shape index (κ3) is 6.01. The van der Waals surface area contributed by atoms with Crippen molar-refractivity contribution in [2.24, 2.45) is 5.73 Å². The molecule has 0 aromatic heterocycles. The normalized spacial score (nSPS) is 11.7. The van der Waals surface area contributed by atoms with Gasteiger partial charge >= 0.3 is 5.97 Å². The average Bonchev–Trinajstić information content (AvgIpc) is 1.36.